The first-order chi connectivity index (χ1) is 9.04. The Morgan fingerprint density at radius 1 is 1.53 bits per heavy atom. The average Bonchev–Trinajstić information content (AvgIpc) is 2.80. The van der Waals surface area contributed by atoms with E-state index in [4.69, 9.17) is 0 Å². The van der Waals surface area contributed by atoms with E-state index in [-0.39, 0.29) is 24.3 Å². The zero-order valence-electron chi connectivity index (χ0n) is 10.9. The maximum atomic E-state index is 11.8. The van der Waals surface area contributed by atoms with Crippen LogP contribution in [0, 0.1) is 16.0 Å². The second-order valence-corrected chi connectivity index (χ2v) is 5.19. The lowest BCUT2D eigenvalue weighted by Crippen LogP contribution is -2.39. The van der Waals surface area contributed by atoms with Gasteiger partial charge in [-0.3, -0.25) is 4.79 Å². The van der Waals surface area contributed by atoms with Gasteiger partial charge in [0.1, 0.15) is 12.7 Å². The van der Waals surface area contributed by atoms with E-state index in [0.717, 1.165) is 31.6 Å². The fourth-order valence-corrected chi connectivity index (χ4v) is 2.37. The third kappa shape index (κ3) is 3.77. The number of rotatable bonds is 4. The summed E-state index contributed by atoms with van der Waals surface area (Å²) in [5.74, 6) is 0.385. The van der Waals surface area contributed by atoms with Gasteiger partial charge in [0.2, 0.25) is 12.2 Å². The van der Waals surface area contributed by atoms with Gasteiger partial charge in [-0.15, -0.1) is 0 Å². The van der Waals surface area contributed by atoms with Crippen LogP contribution in [-0.4, -0.2) is 26.4 Å². The molecule has 0 unspecified atom stereocenters. The molecule has 0 bridgehead atoms. The van der Waals surface area contributed by atoms with Gasteiger partial charge in [0.15, 0.2) is 0 Å². The summed E-state index contributed by atoms with van der Waals surface area (Å²) in [7, 11) is 0. The summed E-state index contributed by atoms with van der Waals surface area (Å²) in [5.41, 5.74) is 0. The molecule has 0 saturated heterocycles. The van der Waals surface area contributed by atoms with E-state index in [1.165, 1.54) is 17.1 Å². The maximum Gasteiger partial charge on any atom is 0.381 e. The Morgan fingerprint density at radius 2 is 2.21 bits per heavy atom. The van der Waals surface area contributed by atoms with E-state index in [0.29, 0.717) is 0 Å². The van der Waals surface area contributed by atoms with Gasteiger partial charge in [-0.05, 0) is 41.5 Å². The molecule has 1 aromatic rings. The third-order valence-corrected chi connectivity index (χ3v) is 3.51. The highest BCUT2D eigenvalue weighted by Crippen LogP contribution is 2.23. The number of carbonyl (C=O) groups is 1. The summed E-state index contributed by atoms with van der Waals surface area (Å²) in [6.07, 6.45) is 6.88. The van der Waals surface area contributed by atoms with Crippen molar-refractivity contribution in [3.8, 4) is 0 Å². The van der Waals surface area contributed by atoms with E-state index in [2.05, 4.69) is 17.2 Å². The SMILES string of the molecule is CC1CCC(NC(=O)Cn2cnc([N+](=O)[O-])c2)CC1. The molecule has 1 aromatic heterocycles. The van der Waals surface area contributed by atoms with Gasteiger partial charge in [-0.25, -0.2) is 0 Å². The molecule has 0 aliphatic heterocycles. The molecule has 0 atom stereocenters. The molecule has 104 valence electrons. The van der Waals surface area contributed by atoms with Crippen molar-refractivity contribution in [2.24, 2.45) is 5.92 Å². The van der Waals surface area contributed by atoms with Crippen molar-refractivity contribution in [3.63, 3.8) is 0 Å². The quantitative estimate of drug-likeness (QED) is 0.660. The molecule has 0 radical (unpaired) electrons. The van der Waals surface area contributed by atoms with E-state index >= 15 is 0 Å². The molecule has 0 spiro atoms. The minimum Gasteiger partial charge on any atom is -0.358 e. The Kier molecular flexibility index (Phi) is 4.13. The standard InChI is InChI=1S/C12H18N4O3/c1-9-2-4-10(5-3-9)14-12(17)7-15-6-11(13-8-15)16(18)19/h6,8-10H,2-5,7H2,1H3,(H,14,17). The van der Waals surface area contributed by atoms with E-state index < -0.39 is 4.92 Å². The highest BCUT2D eigenvalue weighted by Gasteiger charge is 2.20. The number of nitro groups is 1. The van der Waals surface area contributed by atoms with Crippen molar-refractivity contribution < 1.29 is 9.72 Å². The first-order valence-electron chi connectivity index (χ1n) is 6.50. The highest BCUT2D eigenvalue weighted by atomic mass is 16.6. The number of imidazole rings is 1. The van der Waals surface area contributed by atoms with E-state index in [1.54, 1.807) is 0 Å². The van der Waals surface area contributed by atoms with Crippen LogP contribution < -0.4 is 5.32 Å². The fourth-order valence-electron chi connectivity index (χ4n) is 2.37. The van der Waals surface area contributed by atoms with Crippen LogP contribution in [0.25, 0.3) is 0 Å². The predicted octanol–water partition coefficient (Wildman–Crippen LogP) is 1.49. The minimum absolute atomic E-state index is 0.0763. The van der Waals surface area contributed by atoms with Crippen LogP contribution in [0.4, 0.5) is 5.82 Å². The molecule has 1 aliphatic carbocycles. The molecule has 2 rings (SSSR count). The third-order valence-electron chi connectivity index (χ3n) is 3.51. The molecule has 1 aliphatic rings. The fraction of sp³-hybridized carbons (Fsp3) is 0.667. The summed E-state index contributed by atoms with van der Waals surface area (Å²) < 4.78 is 1.43. The van der Waals surface area contributed by atoms with Gasteiger partial charge in [0.25, 0.3) is 0 Å². The second kappa shape index (κ2) is 5.81. The Labute approximate surface area is 111 Å². The van der Waals surface area contributed by atoms with Crippen LogP contribution in [-0.2, 0) is 11.3 Å². The van der Waals surface area contributed by atoms with Gasteiger partial charge >= 0.3 is 5.82 Å². The minimum atomic E-state index is -0.572. The average molecular weight is 266 g/mol. The van der Waals surface area contributed by atoms with Crippen molar-refractivity contribution >= 4 is 11.7 Å². The number of hydrogen-bond acceptors (Lipinski definition) is 4. The van der Waals surface area contributed by atoms with Gasteiger partial charge in [0.05, 0.1) is 0 Å². The Hall–Kier alpha value is -1.92. The number of amides is 1. The molecule has 1 heterocycles. The smallest absolute Gasteiger partial charge is 0.358 e. The van der Waals surface area contributed by atoms with Crippen molar-refractivity contribution in [3.05, 3.63) is 22.6 Å². The van der Waals surface area contributed by atoms with Gasteiger partial charge < -0.3 is 20.0 Å². The Balaban J connectivity index is 1.82. The molecular formula is C12H18N4O3. The molecule has 1 fully saturated rings. The number of carbonyl (C=O) groups excluding carboxylic acids is 1. The van der Waals surface area contributed by atoms with E-state index in [1.807, 2.05) is 0 Å². The molecule has 1 amide bonds. The van der Waals surface area contributed by atoms with Crippen LogP contribution in [0.2, 0.25) is 0 Å². The Bertz CT molecular complexity index is 463. The molecule has 0 aromatic carbocycles. The van der Waals surface area contributed by atoms with Crippen molar-refractivity contribution in [1.82, 2.24) is 14.9 Å². The highest BCUT2D eigenvalue weighted by molar-refractivity contribution is 5.76. The lowest BCUT2D eigenvalue weighted by molar-refractivity contribution is -0.389. The van der Waals surface area contributed by atoms with Crippen LogP contribution in [0.1, 0.15) is 32.6 Å². The molecule has 19 heavy (non-hydrogen) atoms. The zero-order valence-corrected chi connectivity index (χ0v) is 10.9. The van der Waals surface area contributed by atoms with E-state index in [9.17, 15) is 14.9 Å². The van der Waals surface area contributed by atoms with Crippen LogP contribution in [0.3, 0.4) is 0 Å². The maximum absolute atomic E-state index is 11.8. The monoisotopic (exact) mass is 266 g/mol. The van der Waals surface area contributed by atoms with Crippen molar-refractivity contribution in [2.75, 3.05) is 0 Å². The lowest BCUT2D eigenvalue weighted by Gasteiger charge is -2.26. The molecule has 1 saturated carbocycles. The van der Waals surface area contributed by atoms with Crippen molar-refractivity contribution in [1.29, 1.82) is 0 Å². The first-order valence-corrected chi connectivity index (χ1v) is 6.50. The normalized spacial score (nSPS) is 23.0. The topological polar surface area (TPSA) is 90.1 Å². The number of aromatic nitrogens is 2. The largest absolute Gasteiger partial charge is 0.381 e. The van der Waals surface area contributed by atoms with Crippen LogP contribution in [0.5, 0.6) is 0 Å². The van der Waals surface area contributed by atoms with Crippen LogP contribution >= 0.6 is 0 Å². The second-order valence-electron chi connectivity index (χ2n) is 5.19. The zero-order chi connectivity index (χ0) is 13.8. The summed E-state index contributed by atoms with van der Waals surface area (Å²) in [6.45, 7) is 2.30. The molecule has 7 heteroatoms. The van der Waals surface area contributed by atoms with Gasteiger partial charge in [-0.2, -0.15) is 0 Å². The Morgan fingerprint density at radius 3 is 2.79 bits per heavy atom. The number of hydrogen-bond donors (Lipinski definition) is 1. The molecule has 1 N–H and O–H groups in total. The summed E-state index contributed by atoms with van der Waals surface area (Å²) >= 11 is 0. The van der Waals surface area contributed by atoms with Crippen molar-refractivity contribution in [2.45, 2.75) is 45.2 Å². The summed E-state index contributed by atoms with van der Waals surface area (Å²) in [6, 6.07) is 0.238. The molecular weight excluding hydrogens is 248 g/mol. The summed E-state index contributed by atoms with van der Waals surface area (Å²) in [5, 5.41) is 13.4. The number of nitrogens with one attached hydrogen (secondary N) is 1. The van der Waals surface area contributed by atoms with Gasteiger partial charge in [-0.1, -0.05) is 6.92 Å². The number of nitrogens with zero attached hydrogens (tertiary/aromatic N) is 3. The van der Waals surface area contributed by atoms with Gasteiger partial charge in [0, 0.05) is 6.04 Å². The first kappa shape index (κ1) is 13.5. The predicted molar refractivity (Wildman–Crippen MR) is 68.4 cm³/mol. The summed E-state index contributed by atoms with van der Waals surface area (Å²) in [4.78, 5) is 25.3. The lowest BCUT2D eigenvalue weighted by atomic mass is 9.87. The molecule has 7 nitrogen and oxygen atoms in total. The van der Waals surface area contributed by atoms with Crippen LogP contribution in [0.15, 0.2) is 12.5 Å².